The van der Waals surface area contributed by atoms with Gasteiger partial charge in [-0.05, 0) is 42.5 Å². The van der Waals surface area contributed by atoms with Crippen LogP contribution in [0.25, 0.3) is 0 Å². The summed E-state index contributed by atoms with van der Waals surface area (Å²) >= 11 is 5.80. The average Bonchev–Trinajstić information content (AvgIpc) is 2.35. The van der Waals surface area contributed by atoms with Gasteiger partial charge in [-0.25, -0.2) is 0 Å². The molecule has 2 rings (SSSR count). The first kappa shape index (κ1) is 12.5. The third-order valence-electron chi connectivity index (χ3n) is 3.21. The summed E-state index contributed by atoms with van der Waals surface area (Å²) in [5.74, 6) is 0.919. The number of halogens is 1. The van der Waals surface area contributed by atoms with Crippen molar-refractivity contribution in [2.75, 3.05) is 13.7 Å². The Morgan fingerprint density at radius 1 is 1.59 bits per heavy atom. The molecule has 0 saturated carbocycles. The molecule has 1 atom stereocenters. The molecule has 0 radical (unpaired) electrons. The van der Waals surface area contributed by atoms with Gasteiger partial charge in [0.05, 0.1) is 7.11 Å². The second-order valence-corrected chi connectivity index (χ2v) is 4.94. The maximum Gasteiger partial charge on any atom is 0.119 e. The molecule has 92 valence electrons. The molecule has 0 fully saturated rings. The van der Waals surface area contributed by atoms with E-state index in [4.69, 9.17) is 16.3 Å². The minimum absolute atomic E-state index is 0.365. The Morgan fingerprint density at radius 3 is 3.12 bits per heavy atom. The van der Waals surface area contributed by atoms with E-state index in [1.807, 2.05) is 6.07 Å². The van der Waals surface area contributed by atoms with Crippen molar-refractivity contribution in [1.82, 2.24) is 5.32 Å². The van der Waals surface area contributed by atoms with Gasteiger partial charge >= 0.3 is 0 Å². The zero-order valence-corrected chi connectivity index (χ0v) is 10.9. The molecule has 0 bridgehead atoms. The summed E-state index contributed by atoms with van der Waals surface area (Å²) in [6.45, 7) is 4.36. The smallest absolute Gasteiger partial charge is 0.119 e. The van der Waals surface area contributed by atoms with Crippen molar-refractivity contribution in [3.05, 3.63) is 40.9 Å². The number of nitrogens with one attached hydrogen (secondary N) is 1. The predicted molar refractivity (Wildman–Crippen MR) is 71.7 cm³/mol. The topological polar surface area (TPSA) is 21.3 Å². The summed E-state index contributed by atoms with van der Waals surface area (Å²) < 4.78 is 5.28. The zero-order valence-electron chi connectivity index (χ0n) is 10.1. The first-order chi connectivity index (χ1) is 8.20. The van der Waals surface area contributed by atoms with Crippen molar-refractivity contribution >= 4 is 11.6 Å². The van der Waals surface area contributed by atoms with E-state index in [-0.39, 0.29) is 0 Å². The number of hydrogen-bond donors (Lipinski definition) is 1. The molecule has 0 saturated heterocycles. The molecule has 1 N–H and O–H groups in total. The second kappa shape index (κ2) is 5.56. The van der Waals surface area contributed by atoms with Crippen LogP contribution in [-0.4, -0.2) is 13.7 Å². The van der Waals surface area contributed by atoms with Crippen molar-refractivity contribution < 1.29 is 4.74 Å². The van der Waals surface area contributed by atoms with Gasteiger partial charge < -0.3 is 10.1 Å². The Morgan fingerprint density at radius 2 is 2.41 bits per heavy atom. The highest BCUT2D eigenvalue weighted by Crippen LogP contribution is 2.32. The van der Waals surface area contributed by atoms with Crippen LogP contribution < -0.4 is 10.1 Å². The number of fused-ring (bicyclic) bond motifs is 1. The molecule has 0 heterocycles. The molecule has 0 aliphatic heterocycles. The van der Waals surface area contributed by atoms with Crippen LogP contribution in [0.4, 0.5) is 0 Å². The molecule has 1 aliphatic rings. The summed E-state index contributed by atoms with van der Waals surface area (Å²) in [5, 5.41) is 4.09. The van der Waals surface area contributed by atoms with Gasteiger partial charge in [0, 0.05) is 17.6 Å². The normalized spacial score (nSPS) is 18.6. The van der Waals surface area contributed by atoms with E-state index in [9.17, 15) is 0 Å². The maximum atomic E-state index is 5.80. The second-order valence-electron chi connectivity index (χ2n) is 4.41. The predicted octanol–water partition coefficient (Wildman–Crippen LogP) is 3.41. The van der Waals surface area contributed by atoms with E-state index in [1.165, 1.54) is 17.5 Å². The van der Waals surface area contributed by atoms with Crippen LogP contribution in [0, 0.1) is 0 Å². The lowest BCUT2D eigenvalue weighted by Gasteiger charge is -2.26. The van der Waals surface area contributed by atoms with E-state index in [1.54, 1.807) is 7.11 Å². The standard InChI is InChI=1S/C14H18ClNO/c1-10(15)9-16-14-5-3-4-11-6-7-12(17-2)8-13(11)14/h6-8,14,16H,1,3-5,9H2,2H3. The van der Waals surface area contributed by atoms with Gasteiger partial charge in [0.15, 0.2) is 0 Å². The van der Waals surface area contributed by atoms with Crippen LogP contribution in [0.15, 0.2) is 29.8 Å². The molecule has 1 aromatic rings. The van der Waals surface area contributed by atoms with Gasteiger partial charge in [-0.15, -0.1) is 0 Å². The summed E-state index contributed by atoms with van der Waals surface area (Å²) in [7, 11) is 1.70. The van der Waals surface area contributed by atoms with E-state index in [2.05, 4.69) is 24.0 Å². The Labute approximate surface area is 108 Å². The summed E-state index contributed by atoms with van der Waals surface area (Å²) in [4.78, 5) is 0. The third kappa shape index (κ3) is 3.02. The largest absolute Gasteiger partial charge is 0.497 e. The lowest BCUT2D eigenvalue weighted by molar-refractivity contribution is 0.410. The Hall–Kier alpha value is -0.990. The SMILES string of the molecule is C=C(Cl)CNC1CCCc2ccc(OC)cc21. The number of aryl methyl sites for hydroxylation is 1. The quantitative estimate of drug-likeness (QED) is 0.886. The number of rotatable bonds is 4. The maximum absolute atomic E-state index is 5.80. The highest BCUT2D eigenvalue weighted by Gasteiger charge is 2.20. The van der Waals surface area contributed by atoms with Gasteiger partial charge in [-0.1, -0.05) is 24.2 Å². The van der Waals surface area contributed by atoms with Gasteiger partial charge in [0.1, 0.15) is 5.75 Å². The molecule has 17 heavy (non-hydrogen) atoms. The first-order valence-electron chi connectivity index (χ1n) is 5.94. The number of hydrogen-bond acceptors (Lipinski definition) is 2. The van der Waals surface area contributed by atoms with E-state index in [0.717, 1.165) is 18.6 Å². The van der Waals surface area contributed by atoms with Crippen molar-refractivity contribution in [3.8, 4) is 5.75 Å². The molecule has 0 spiro atoms. The third-order valence-corrected chi connectivity index (χ3v) is 3.34. The van der Waals surface area contributed by atoms with E-state index >= 15 is 0 Å². The van der Waals surface area contributed by atoms with Gasteiger partial charge in [-0.2, -0.15) is 0 Å². The van der Waals surface area contributed by atoms with Gasteiger partial charge in [0.2, 0.25) is 0 Å². The van der Waals surface area contributed by atoms with Crippen LogP contribution in [-0.2, 0) is 6.42 Å². The van der Waals surface area contributed by atoms with Crippen LogP contribution in [0.1, 0.15) is 30.0 Å². The molecule has 1 aromatic carbocycles. The first-order valence-corrected chi connectivity index (χ1v) is 6.32. The van der Waals surface area contributed by atoms with Crippen LogP contribution in [0.2, 0.25) is 0 Å². The average molecular weight is 252 g/mol. The molecule has 3 heteroatoms. The van der Waals surface area contributed by atoms with E-state index < -0.39 is 0 Å². The van der Waals surface area contributed by atoms with E-state index in [0.29, 0.717) is 17.6 Å². The van der Waals surface area contributed by atoms with Crippen LogP contribution in [0.3, 0.4) is 0 Å². The fraction of sp³-hybridized carbons (Fsp3) is 0.429. The van der Waals surface area contributed by atoms with Crippen LogP contribution >= 0.6 is 11.6 Å². The van der Waals surface area contributed by atoms with Crippen molar-refractivity contribution in [1.29, 1.82) is 0 Å². The molecule has 0 amide bonds. The fourth-order valence-corrected chi connectivity index (χ4v) is 2.43. The Balaban J connectivity index is 2.19. The number of ether oxygens (including phenoxy) is 1. The highest BCUT2D eigenvalue weighted by atomic mass is 35.5. The summed E-state index contributed by atoms with van der Waals surface area (Å²) in [6, 6.07) is 6.69. The minimum atomic E-state index is 0.365. The highest BCUT2D eigenvalue weighted by molar-refractivity contribution is 6.29. The molecule has 2 nitrogen and oxygen atoms in total. The summed E-state index contributed by atoms with van der Waals surface area (Å²) in [6.07, 6.45) is 3.51. The van der Waals surface area contributed by atoms with Gasteiger partial charge in [0.25, 0.3) is 0 Å². The summed E-state index contributed by atoms with van der Waals surface area (Å²) in [5.41, 5.74) is 2.75. The van der Waals surface area contributed by atoms with Crippen molar-refractivity contribution in [2.24, 2.45) is 0 Å². The Bertz CT molecular complexity index is 417. The molecular weight excluding hydrogens is 234 g/mol. The molecule has 1 aliphatic carbocycles. The fourth-order valence-electron chi connectivity index (χ4n) is 2.35. The lowest BCUT2D eigenvalue weighted by atomic mass is 9.87. The molecule has 1 unspecified atom stereocenters. The van der Waals surface area contributed by atoms with Crippen molar-refractivity contribution in [3.63, 3.8) is 0 Å². The monoisotopic (exact) mass is 251 g/mol. The molecular formula is C14H18ClNO. The van der Waals surface area contributed by atoms with Crippen molar-refractivity contribution in [2.45, 2.75) is 25.3 Å². The number of benzene rings is 1. The molecule has 0 aromatic heterocycles. The van der Waals surface area contributed by atoms with Crippen LogP contribution in [0.5, 0.6) is 5.75 Å². The minimum Gasteiger partial charge on any atom is -0.497 e. The zero-order chi connectivity index (χ0) is 12.3. The van der Waals surface area contributed by atoms with Gasteiger partial charge in [-0.3, -0.25) is 0 Å². The Kier molecular flexibility index (Phi) is 4.08. The lowest BCUT2D eigenvalue weighted by Crippen LogP contribution is -2.26. The number of methoxy groups -OCH3 is 1.